The molecule has 0 radical (unpaired) electrons. The van der Waals surface area contributed by atoms with E-state index >= 15 is 0 Å². The van der Waals surface area contributed by atoms with Gasteiger partial charge in [0.2, 0.25) is 0 Å². The van der Waals surface area contributed by atoms with Gasteiger partial charge in [0.15, 0.2) is 0 Å². The van der Waals surface area contributed by atoms with Crippen molar-refractivity contribution >= 4 is 0 Å². The molecule has 2 unspecified atom stereocenters. The van der Waals surface area contributed by atoms with Crippen LogP contribution in [0.2, 0.25) is 0 Å². The molecule has 0 aromatic carbocycles. The van der Waals surface area contributed by atoms with E-state index in [9.17, 15) is 5.11 Å². The van der Waals surface area contributed by atoms with Gasteiger partial charge in [0.05, 0.1) is 5.69 Å². The molecular formula is C9H15N3O. The Labute approximate surface area is 77.8 Å². The molecule has 1 heterocycles. The summed E-state index contributed by atoms with van der Waals surface area (Å²) in [7, 11) is 0. The summed E-state index contributed by atoms with van der Waals surface area (Å²) < 4.78 is 0. The molecule has 0 amide bonds. The first-order valence-electron chi connectivity index (χ1n) is 4.28. The van der Waals surface area contributed by atoms with Crippen molar-refractivity contribution in [2.75, 3.05) is 6.54 Å². The molecule has 1 rings (SSSR count). The molecule has 4 nitrogen and oxygen atoms in total. The third kappa shape index (κ3) is 2.02. The Morgan fingerprint density at radius 3 is 2.85 bits per heavy atom. The van der Waals surface area contributed by atoms with Crippen molar-refractivity contribution in [3.63, 3.8) is 0 Å². The first-order valence-corrected chi connectivity index (χ1v) is 4.28. The van der Waals surface area contributed by atoms with Crippen molar-refractivity contribution in [3.8, 4) is 0 Å². The van der Waals surface area contributed by atoms with Crippen LogP contribution in [0.1, 0.15) is 19.5 Å². The van der Waals surface area contributed by atoms with Crippen LogP contribution in [0.3, 0.4) is 0 Å². The fourth-order valence-electron chi connectivity index (χ4n) is 1.07. The molecule has 0 aliphatic carbocycles. The molecule has 1 aromatic heterocycles. The van der Waals surface area contributed by atoms with Gasteiger partial charge in [-0.15, -0.1) is 0 Å². The molecule has 0 saturated carbocycles. The Bertz CT molecular complexity index is 261. The SMILES string of the molecule is CC(CN)C(C)(O)c1ccncn1. The first kappa shape index (κ1) is 10.1. The van der Waals surface area contributed by atoms with Gasteiger partial charge in [0.25, 0.3) is 0 Å². The standard InChI is InChI=1S/C9H15N3O/c1-7(5-10)9(2,13)8-3-4-11-6-12-8/h3-4,6-7,13H,5,10H2,1-2H3. The molecule has 0 bridgehead atoms. The van der Waals surface area contributed by atoms with E-state index in [0.717, 1.165) is 0 Å². The highest BCUT2D eigenvalue weighted by Crippen LogP contribution is 2.25. The molecule has 0 fully saturated rings. The fraction of sp³-hybridized carbons (Fsp3) is 0.556. The summed E-state index contributed by atoms with van der Waals surface area (Å²) in [5, 5.41) is 10.1. The van der Waals surface area contributed by atoms with Crippen LogP contribution in [0.15, 0.2) is 18.6 Å². The number of hydrogen-bond acceptors (Lipinski definition) is 4. The summed E-state index contributed by atoms with van der Waals surface area (Å²) in [6.07, 6.45) is 3.03. The zero-order chi connectivity index (χ0) is 9.90. The normalized spacial score (nSPS) is 17.8. The third-order valence-electron chi connectivity index (χ3n) is 2.41. The van der Waals surface area contributed by atoms with Gasteiger partial charge in [0, 0.05) is 12.1 Å². The van der Waals surface area contributed by atoms with Crippen LogP contribution in [-0.2, 0) is 5.60 Å². The van der Waals surface area contributed by atoms with Crippen molar-refractivity contribution < 1.29 is 5.11 Å². The summed E-state index contributed by atoms with van der Waals surface area (Å²) in [5.41, 5.74) is 5.13. The quantitative estimate of drug-likeness (QED) is 0.702. The molecule has 13 heavy (non-hydrogen) atoms. The molecule has 4 heteroatoms. The largest absolute Gasteiger partial charge is 0.384 e. The number of rotatable bonds is 3. The van der Waals surface area contributed by atoms with E-state index in [1.807, 2.05) is 6.92 Å². The van der Waals surface area contributed by atoms with Gasteiger partial charge in [-0.3, -0.25) is 0 Å². The van der Waals surface area contributed by atoms with Crippen LogP contribution in [0.5, 0.6) is 0 Å². The van der Waals surface area contributed by atoms with Gasteiger partial charge >= 0.3 is 0 Å². The van der Waals surface area contributed by atoms with Gasteiger partial charge in [-0.25, -0.2) is 9.97 Å². The summed E-state index contributed by atoms with van der Waals surface area (Å²) in [4.78, 5) is 7.79. The Kier molecular flexibility index (Phi) is 2.95. The molecule has 0 spiro atoms. The maximum atomic E-state index is 10.1. The van der Waals surface area contributed by atoms with E-state index in [4.69, 9.17) is 5.73 Å². The second-order valence-electron chi connectivity index (χ2n) is 3.38. The summed E-state index contributed by atoms with van der Waals surface area (Å²) in [6.45, 7) is 4.03. The van der Waals surface area contributed by atoms with E-state index < -0.39 is 5.60 Å². The van der Waals surface area contributed by atoms with Crippen molar-refractivity contribution in [2.45, 2.75) is 19.4 Å². The summed E-state index contributed by atoms with van der Waals surface area (Å²) in [5.74, 6) is -0.0256. The Hall–Kier alpha value is -1.00. The summed E-state index contributed by atoms with van der Waals surface area (Å²) in [6, 6.07) is 1.70. The molecule has 0 aliphatic heterocycles. The second kappa shape index (κ2) is 3.81. The van der Waals surface area contributed by atoms with Gasteiger partial charge in [-0.1, -0.05) is 6.92 Å². The highest BCUT2D eigenvalue weighted by molar-refractivity contribution is 5.09. The molecule has 72 valence electrons. The van der Waals surface area contributed by atoms with Crippen LogP contribution in [0, 0.1) is 5.92 Å². The maximum absolute atomic E-state index is 10.1. The van der Waals surface area contributed by atoms with Gasteiger partial charge in [-0.2, -0.15) is 0 Å². The van der Waals surface area contributed by atoms with Gasteiger partial charge in [-0.05, 0) is 19.5 Å². The number of nitrogens with zero attached hydrogens (tertiary/aromatic N) is 2. The van der Waals surface area contributed by atoms with Gasteiger partial charge in [0.1, 0.15) is 11.9 Å². The smallest absolute Gasteiger partial charge is 0.115 e. The second-order valence-corrected chi connectivity index (χ2v) is 3.38. The van der Waals surface area contributed by atoms with Crippen LogP contribution >= 0.6 is 0 Å². The zero-order valence-corrected chi connectivity index (χ0v) is 7.94. The lowest BCUT2D eigenvalue weighted by Gasteiger charge is -2.28. The highest BCUT2D eigenvalue weighted by atomic mass is 16.3. The minimum Gasteiger partial charge on any atom is -0.384 e. The molecule has 2 atom stereocenters. The monoisotopic (exact) mass is 181 g/mol. The summed E-state index contributed by atoms with van der Waals surface area (Å²) >= 11 is 0. The van der Waals surface area contributed by atoms with E-state index in [2.05, 4.69) is 9.97 Å². The van der Waals surface area contributed by atoms with Crippen molar-refractivity contribution in [2.24, 2.45) is 11.7 Å². The highest BCUT2D eigenvalue weighted by Gasteiger charge is 2.30. The van der Waals surface area contributed by atoms with E-state index in [1.165, 1.54) is 6.33 Å². The lowest BCUT2D eigenvalue weighted by atomic mass is 9.87. The third-order valence-corrected chi connectivity index (χ3v) is 2.41. The molecular weight excluding hydrogens is 166 g/mol. The molecule has 0 saturated heterocycles. The number of hydrogen-bond donors (Lipinski definition) is 2. The Balaban J connectivity index is 2.93. The van der Waals surface area contributed by atoms with Crippen LogP contribution < -0.4 is 5.73 Å². The Morgan fingerprint density at radius 1 is 1.69 bits per heavy atom. The van der Waals surface area contributed by atoms with Crippen molar-refractivity contribution in [1.82, 2.24) is 9.97 Å². The Morgan fingerprint density at radius 2 is 2.38 bits per heavy atom. The van der Waals surface area contributed by atoms with Crippen LogP contribution in [0.25, 0.3) is 0 Å². The zero-order valence-electron chi connectivity index (χ0n) is 7.94. The predicted octanol–water partition coefficient (Wildman–Crippen LogP) is 0.279. The number of nitrogens with two attached hydrogens (primary N) is 1. The van der Waals surface area contributed by atoms with E-state index in [0.29, 0.717) is 12.2 Å². The fourth-order valence-corrected chi connectivity index (χ4v) is 1.07. The molecule has 0 aliphatic rings. The number of aromatic nitrogens is 2. The van der Waals surface area contributed by atoms with Crippen molar-refractivity contribution in [3.05, 3.63) is 24.3 Å². The number of aliphatic hydroxyl groups is 1. The lowest BCUT2D eigenvalue weighted by molar-refractivity contribution is 0.000945. The van der Waals surface area contributed by atoms with E-state index in [-0.39, 0.29) is 5.92 Å². The first-order chi connectivity index (χ1) is 6.09. The molecule has 3 N–H and O–H groups in total. The molecule has 1 aromatic rings. The average Bonchev–Trinajstić information content (AvgIpc) is 2.18. The van der Waals surface area contributed by atoms with Crippen molar-refractivity contribution in [1.29, 1.82) is 0 Å². The minimum atomic E-state index is -0.975. The van der Waals surface area contributed by atoms with Crippen LogP contribution in [0.4, 0.5) is 0 Å². The maximum Gasteiger partial charge on any atom is 0.115 e. The van der Waals surface area contributed by atoms with Crippen LogP contribution in [-0.4, -0.2) is 21.6 Å². The minimum absolute atomic E-state index is 0.0256. The lowest BCUT2D eigenvalue weighted by Crippen LogP contribution is -2.35. The van der Waals surface area contributed by atoms with Gasteiger partial charge < -0.3 is 10.8 Å². The topological polar surface area (TPSA) is 72.0 Å². The van der Waals surface area contributed by atoms with E-state index in [1.54, 1.807) is 19.2 Å². The average molecular weight is 181 g/mol. The predicted molar refractivity (Wildman–Crippen MR) is 49.8 cm³/mol.